The lowest BCUT2D eigenvalue weighted by atomic mass is 10.2. The summed E-state index contributed by atoms with van der Waals surface area (Å²) in [6, 6.07) is 5.33. The van der Waals surface area contributed by atoms with E-state index in [0.29, 0.717) is 10.0 Å². The molecule has 1 amide bonds. The number of hydrogen-bond donors (Lipinski definition) is 1. The van der Waals surface area contributed by atoms with Gasteiger partial charge in [0.25, 0.3) is 0 Å². The molecule has 0 fully saturated rings. The average molecular weight is 272 g/mol. The maximum atomic E-state index is 11.5. The van der Waals surface area contributed by atoms with Crippen LogP contribution >= 0.6 is 23.2 Å². The summed E-state index contributed by atoms with van der Waals surface area (Å²) in [5, 5.41) is 3.95. The molecule has 0 aliphatic rings. The molecule has 0 radical (unpaired) electrons. The lowest BCUT2D eigenvalue weighted by molar-refractivity contribution is -0.117. The minimum Gasteiger partial charge on any atom is -0.350 e. The van der Waals surface area contributed by atoms with Gasteiger partial charge < -0.3 is 5.32 Å². The molecule has 1 aromatic rings. The van der Waals surface area contributed by atoms with Gasteiger partial charge in [-0.2, -0.15) is 0 Å². The number of carbonyl (C=O) groups excluding carboxylic acids is 1. The molecule has 0 spiro atoms. The zero-order chi connectivity index (χ0) is 12.8. The van der Waals surface area contributed by atoms with E-state index in [2.05, 4.69) is 5.32 Å². The Bertz CT molecular complexity index is 429. The van der Waals surface area contributed by atoms with Gasteiger partial charge in [0.1, 0.15) is 0 Å². The monoisotopic (exact) mass is 271 g/mol. The Balaban J connectivity index is 2.67. The Labute approximate surface area is 112 Å². The standard InChI is InChI=1S/C13H15Cl2NO/c1-3-9(2)16-13(17)7-5-10-4-6-11(14)8-12(10)15/h4-9H,3H2,1-2H3,(H,16,17)/b7-5+/t9-/m0/s1. The van der Waals surface area contributed by atoms with E-state index in [1.807, 2.05) is 13.8 Å². The molecule has 1 aromatic carbocycles. The molecule has 0 aliphatic heterocycles. The van der Waals surface area contributed by atoms with Gasteiger partial charge in [-0.1, -0.05) is 36.2 Å². The van der Waals surface area contributed by atoms with E-state index in [9.17, 15) is 4.79 Å². The second-order valence-electron chi connectivity index (χ2n) is 3.82. The van der Waals surface area contributed by atoms with Crippen LogP contribution in [0.5, 0.6) is 0 Å². The van der Waals surface area contributed by atoms with Crippen LogP contribution in [-0.4, -0.2) is 11.9 Å². The molecule has 0 aromatic heterocycles. The van der Waals surface area contributed by atoms with Gasteiger partial charge in [0.15, 0.2) is 0 Å². The average Bonchev–Trinajstić information content (AvgIpc) is 2.27. The van der Waals surface area contributed by atoms with Crippen molar-refractivity contribution in [1.82, 2.24) is 5.32 Å². The van der Waals surface area contributed by atoms with E-state index in [1.165, 1.54) is 6.08 Å². The number of nitrogens with one attached hydrogen (secondary N) is 1. The van der Waals surface area contributed by atoms with Crippen LogP contribution in [0, 0.1) is 0 Å². The molecule has 0 aliphatic carbocycles. The number of hydrogen-bond acceptors (Lipinski definition) is 1. The van der Waals surface area contributed by atoms with E-state index in [0.717, 1.165) is 12.0 Å². The third kappa shape index (κ3) is 4.80. The summed E-state index contributed by atoms with van der Waals surface area (Å²) in [5.74, 6) is -0.120. The van der Waals surface area contributed by atoms with Crippen LogP contribution in [0.3, 0.4) is 0 Å². The Hall–Kier alpha value is -0.990. The van der Waals surface area contributed by atoms with Gasteiger partial charge in [-0.3, -0.25) is 4.79 Å². The van der Waals surface area contributed by atoms with Crippen LogP contribution in [-0.2, 0) is 4.79 Å². The van der Waals surface area contributed by atoms with Crippen molar-refractivity contribution in [3.63, 3.8) is 0 Å². The van der Waals surface area contributed by atoms with Crippen molar-refractivity contribution in [2.45, 2.75) is 26.3 Å². The first-order valence-electron chi connectivity index (χ1n) is 5.46. The van der Waals surface area contributed by atoms with Crippen molar-refractivity contribution in [2.24, 2.45) is 0 Å². The molecular formula is C13H15Cl2NO. The second-order valence-corrected chi connectivity index (χ2v) is 4.66. The van der Waals surface area contributed by atoms with E-state index < -0.39 is 0 Å². The lowest BCUT2D eigenvalue weighted by Gasteiger charge is -2.08. The van der Waals surface area contributed by atoms with Gasteiger partial charge in [0.2, 0.25) is 5.91 Å². The van der Waals surface area contributed by atoms with Crippen LogP contribution in [0.4, 0.5) is 0 Å². The van der Waals surface area contributed by atoms with Gasteiger partial charge in [-0.25, -0.2) is 0 Å². The normalized spacial score (nSPS) is 12.7. The third-order valence-corrected chi connectivity index (χ3v) is 2.94. The van der Waals surface area contributed by atoms with Crippen molar-refractivity contribution in [2.75, 3.05) is 0 Å². The van der Waals surface area contributed by atoms with Crippen molar-refractivity contribution in [1.29, 1.82) is 0 Å². The number of rotatable bonds is 4. The third-order valence-electron chi connectivity index (χ3n) is 2.38. The van der Waals surface area contributed by atoms with Crippen LogP contribution in [0.25, 0.3) is 6.08 Å². The smallest absolute Gasteiger partial charge is 0.244 e. The van der Waals surface area contributed by atoms with Crippen LogP contribution in [0.15, 0.2) is 24.3 Å². The van der Waals surface area contributed by atoms with E-state index in [4.69, 9.17) is 23.2 Å². The maximum Gasteiger partial charge on any atom is 0.244 e. The summed E-state index contributed by atoms with van der Waals surface area (Å²) in [7, 11) is 0. The van der Waals surface area contributed by atoms with Crippen molar-refractivity contribution in [3.8, 4) is 0 Å². The van der Waals surface area contributed by atoms with Crippen LogP contribution < -0.4 is 5.32 Å². The topological polar surface area (TPSA) is 29.1 Å². The highest BCUT2D eigenvalue weighted by Crippen LogP contribution is 2.21. The highest BCUT2D eigenvalue weighted by molar-refractivity contribution is 6.35. The number of halogens is 2. The van der Waals surface area contributed by atoms with Crippen LogP contribution in [0.1, 0.15) is 25.8 Å². The van der Waals surface area contributed by atoms with Gasteiger partial charge in [-0.05, 0) is 37.1 Å². The summed E-state index contributed by atoms with van der Waals surface area (Å²) in [6.45, 7) is 3.98. The first kappa shape index (κ1) is 14.1. The molecule has 17 heavy (non-hydrogen) atoms. The fraction of sp³-hybridized carbons (Fsp3) is 0.308. The molecule has 0 heterocycles. The van der Waals surface area contributed by atoms with Crippen molar-refractivity contribution < 1.29 is 4.79 Å². The number of benzene rings is 1. The van der Waals surface area contributed by atoms with Gasteiger partial charge in [0.05, 0.1) is 0 Å². The quantitative estimate of drug-likeness (QED) is 0.827. The first-order chi connectivity index (χ1) is 8.02. The second kappa shape index (κ2) is 6.67. The van der Waals surface area contributed by atoms with Crippen molar-refractivity contribution in [3.05, 3.63) is 39.9 Å². The van der Waals surface area contributed by atoms with Gasteiger partial charge in [0, 0.05) is 22.2 Å². The van der Waals surface area contributed by atoms with E-state index >= 15 is 0 Å². The number of amides is 1. The fourth-order valence-corrected chi connectivity index (χ4v) is 1.67. The Kier molecular flexibility index (Phi) is 5.52. The highest BCUT2D eigenvalue weighted by Gasteiger charge is 2.02. The molecule has 92 valence electrons. The highest BCUT2D eigenvalue weighted by atomic mass is 35.5. The number of carbonyl (C=O) groups is 1. The Morgan fingerprint density at radius 3 is 2.76 bits per heavy atom. The van der Waals surface area contributed by atoms with Crippen molar-refractivity contribution >= 4 is 35.2 Å². The SMILES string of the molecule is CC[C@H](C)NC(=O)/C=C/c1ccc(Cl)cc1Cl. The summed E-state index contributed by atoms with van der Waals surface area (Å²) in [4.78, 5) is 11.5. The minimum absolute atomic E-state index is 0.120. The largest absolute Gasteiger partial charge is 0.350 e. The molecular weight excluding hydrogens is 257 g/mol. The molecule has 1 N–H and O–H groups in total. The predicted molar refractivity (Wildman–Crippen MR) is 73.4 cm³/mol. The predicted octanol–water partition coefficient (Wildman–Crippen LogP) is 3.92. The zero-order valence-electron chi connectivity index (χ0n) is 9.84. The Morgan fingerprint density at radius 1 is 1.47 bits per heavy atom. The van der Waals surface area contributed by atoms with Gasteiger partial charge in [-0.15, -0.1) is 0 Å². The molecule has 0 saturated heterocycles. The van der Waals surface area contributed by atoms with Gasteiger partial charge >= 0.3 is 0 Å². The Morgan fingerprint density at radius 2 is 2.18 bits per heavy atom. The maximum absolute atomic E-state index is 11.5. The molecule has 1 atom stereocenters. The summed E-state index contributed by atoms with van der Waals surface area (Å²) in [6.07, 6.45) is 4.05. The summed E-state index contributed by atoms with van der Waals surface area (Å²) in [5.41, 5.74) is 0.773. The van der Waals surface area contributed by atoms with Crippen LogP contribution in [0.2, 0.25) is 10.0 Å². The first-order valence-corrected chi connectivity index (χ1v) is 6.22. The van der Waals surface area contributed by atoms with E-state index in [1.54, 1.807) is 24.3 Å². The fourth-order valence-electron chi connectivity index (χ4n) is 1.20. The minimum atomic E-state index is -0.120. The molecule has 2 nitrogen and oxygen atoms in total. The molecule has 0 saturated carbocycles. The van der Waals surface area contributed by atoms with E-state index in [-0.39, 0.29) is 11.9 Å². The molecule has 0 bridgehead atoms. The molecule has 0 unspecified atom stereocenters. The zero-order valence-corrected chi connectivity index (χ0v) is 11.3. The molecule has 1 rings (SSSR count). The lowest BCUT2D eigenvalue weighted by Crippen LogP contribution is -2.30. The molecule has 4 heteroatoms. The summed E-state index contributed by atoms with van der Waals surface area (Å²) >= 11 is 11.8. The summed E-state index contributed by atoms with van der Waals surface area (Å²) < 4.78 is 0.